The third kappa shape index (κ3) is 7.05. The number of carbonyl (C=O) groups is 2. The highest BCUT2D eigenvalue weighted by Gasteiger charge is 2.32. The van der Waals surface area contributed by atoms with Crippen LogP contribution in [0.25, 0.3) is 10.8 Å². The van der Waals surface area contributed by atoms with Crippen LogP contribution in [0.1, 0.15) is 42.0 Å². The summed E-state index contributed by atoms with van der Waals surface area (Å²) in [7, 11) is 0. The maximum atomic E-state index is 13.7. The fraction of sp³-hybridized carbons (Fsp3) is 0.273. The van der Waals surface area contributed by atoms with Gasteiger partial charge >= 0.3 is 0 Å². The van der Waals surface area contributed by atoms with E-state index in [-0.39, 0.29) is 18.2 Å². The van der Waals surface area contributed by atoms with Gasteiger partial charge in [0.2, 0.25) is 11.8 Å². The van der Waals surface area contributed by atoms with E-state index in [1.807, 2.05) is 91.0 Å². The van der Waals surface area contributed by atoms with E-state index in [1.165, 1.54) is 4.31 Å². The van der Waals surface area contributed by atoms with Gasteiger partial charge in [-0.2, -0.15) is 0 Å². The summed E-state index contributed by atoms with van der Waals surface area (Å²) in [6, 6.07) is 28.7. The van der Waals surface area contributed by atoms with Crippen molar-refractivity contribution < 1.29 is 18.4 Å². The second kappa shape index (κ2) is 13.7. The Labute approximate surface area is 248 Å². The van der Waals surface area contributed by atoms with E-state index in [0.29, 0.717) is 37.3 Å². The minimum Gasteiger partial charge on any atom is -0.344 e. The van der Waals surface area contributed by atoms with Crippen molar-refractivity contribution >= 4 is 39.5 Å². The topological polar surface area (TPSA) is 116 Å². The first kappa shape index (κ1) is 29.4. The highest BCUT2D eigenvalue weighted by molar-refractivity contribution is 7.80. The molecule has 42 heavy (non-hydrogen) atoms. The molecule has 0 bridgehead atoms. The second-order valence-corrected chi connectivity index (χ2v) is 11.5. The van der Waals surface area contributed by atoms with Crippen molar-refractivity contribution in [2.24, 2.45) is 5.73 Å². The van der Waals surface area contributed by atoms with E-state index >= 15 is 0 Å². The summed E-state index contributed by atoms with van der Waals surface area (Å²) in [6.07, 6.45) is 2.09. The molecule has 1 aliphatic rings. The third-order valence-electron chi connectivity index (χ3n) is 7.75. The van der Waals surface area contributed by atoms with Gasteiger partial charge in [-0.15, -0.1) is 0 Å². The molecule has 1 aliphatic heterocycles. The van der Waals surface area contributed by atoms with E-state index in [0.717, 1.165) is 34.7 Å². The molecule has 9 heteroatoms. The minimum absolute atomic E-state index is 0.114. The number of nitrogens with zero attached hydrogens (tertiary/aromatic N) is 2. The molecule has 2 amide bonds. The van der Waals surface area contributed by atoms with Crippen LogP contribution in [0.15, 0.2) is 97.1 Å². The lowest BCUT2D eigenvalue weighted by molar-refractivity contribution is -0.135. The van der Waals surface area contributed by atoms with Gasteiger partial charge in [0.05, 0.1) is 18.2 Å². The lowest BCUT2D eigenvalue weighted by atomic mass is 10.0. The summed E-state index contributed by atoms with van der Waals surface area (Å²) in [6.45, 7) is 1.76. The number of fused-ring (bicyclic) bond motifs is 1. The average molecular weight is 585 g/mol. The Hall–Kier alpha value is -4.05. The number of likely N-dealkylation sites (tertiary alicyclic amines) is 1. The highest BCUT2D eigenvalue weighted by atomic mass is 32.2. The summed E-state index contributed by atoms with van der Waals surface area (Å²) in [4.78, 5) is 29.1. The number of amides is 2. The van der Waals surface area contributed by atoms with Gasteiger partial charge in [-0.05, 0) is 52.4 Å². The zero-order chi connectivity index (χ0) is 29.5. The number of nitrogens with one attached hydrogen (secondary N) is 1. The Kier molecular flexibility index (Phi) is 9.63. The lowest BCUT2D eigenvalue weighted by Crippen LogP contribution is -2.49. The maximum absolute atomic E-state index is 13.7. The normalized spacial score (nSPS) is 15.2. The fourth-order valence-corrected chi connectivity index (χ4v) is 6.25. The molecule has 3 atom stereocenters. The van der Waals surface area contributed by atoms with Crippen molar-refractivity contribution in [2.75, 3.05) is 17.4 Å². The number of rotatable bonds is 11. The van der Waals surface area contributed by atoms with Crippen molar-refractivity contribution in [1.82, 2.24) is 10.2 Å². The summed E-state index contributed by atoms with van der Waals surface area (Å²) < 4.78 is 24.7. The Bertz CT molecular complexity index is 1540. The van der Waals surface area contributed by atoms with E-state index in [1.54, 1.807) is 11.0 Å². The van der Waals surface area contributed by atoms with Gasteiger partial charge < -0.3 is 16.0 Å². The number of benzene rings is 4. The Balaban J connectivity index is 1.43. The largest absolute Gasteiger partial charge is 0.344 e. The van der Waals surface area contributed by atoms with Gasteiger partial charge in [-0.25, -0.2) is 4.21 Å². The quantitative estimate of drug-likeness (QED) is 0.221. The van der Waals surface area contributed by atoms with Gasteiger partial charge in [0.1, 0.15) is 6.04 Å². The van der Waals surface area contributed by atoms with Crippen LogP contribution in [0, 0.1) is 0 Å². The minimum atomic E-state index is -2.43. The predicted octanol–water partition coefficient (Wildman–Crippen LogP) is 4.72. The first-order valence-corrected chi connectivity index (χ1v) is 15.3. The molecule has 4 aromatic carbocycles. The number of hydrogen-bond donors (Lipinski definition) is 3. The molecule has 1 heterocycles. The molecular weight excluding hydrogens is 548 g/mol. The Morgan fingerprint density at radius 3 is 2.19 bits per heavy atom. The van der Waals surface area contributed by atoms with Gasteiger partial charge in [-0.1, -0.05) is 84.9 Å². The van der Waals surface area contributed by atoms with Gasteiger partial charge in [-0.3, -0.25) is 18.4 Å². The van der Waals surface area contributed by atoms with Crippen molar-refractivity contribution in [3.05, 3.63) is 114 Å². The fourth-order valence-electron chi connectivity index (χ4n) is 5.54. The Morgan fingerprint density at radius 1 is 0.881 bits per heavy atom. The van der Waals surface area contributed by atoms with E-state index in [9.17, 15) is 18.4 Å². The van der Waals surface area contributed by atoms with Crippen LogP contribution in [0.4, 0.5) is 5.69 Å². The van der Waals surface area contributed by atoms with Crippen LogP contribution in [-0.2, 0) is 33.8 Å². The Morgan fingerprint density at radius 2 is 1.52 bits per heavy atom. The second-order valence-electron chi connectivity index (χ2n) is 10.6. The molecule has 0 aliphatic carbocycles. The zero-order valence-electron chi connectivity index (χ0n) is 23.4. The van der Waals surface area contributed by atoms with Crippen LogP contribution in [-0.4, -0.2) is 44.6 Å². The zero-order valence-corrected chi connectivity index (χ0v) is 24.2. The van der Waals surface area contributed by atoms with Crippen molar-refractivity contribution in [2.45, 2.75) is 44.3 Å². The molecule has 8 nitrogen and oxygen atoms in total. The number of anilines is 1. The standard InChI is InChI=1S/C33H36N4O4S/c34-23-25-14-12-24(13-15-25)20-30(33(39)36-18-6-7-19-36)35-32(38)22-31(27-9-2-1-3-10-27)37(42(40)41)29-17-16-26-8-4-5-11-28(26)21-29/h1-5,8-17,21,30-31H,6-7,18-20,22-23,34H2,(H,35,38)(H,40,41). The van der Waals surface area contributed by atoms with Crippen LogP contribution >= 0.6 is 0 Å². The van der Waals surface area contributed by atoms with Crippen LogP contribution < -0.4 is 15.4 Å². The molecule has 5 rings (SSSR count). The molecule has 218 valence electrons. The average Bonchev–Trinajstić information content (AvgIpc) is 3.56. The number of carbonyl (C=O) groups excluding carboxylic acids is 2. The molecule has 1 saturated heterocycles. The molecule has 0 spiro atoms. The van der Waals surface area contributed by atoms with Crippen molar-refractivity contribution in [3.8, 4) is 0 Å². The van der Waals surface area contributed by atoms with E-state index in [2.05, 4.69) is 5.32 Å². The first-order chi connectivity index (χ1) is 20.4. The van der Waals surface area contributed by atoms with E-state index < -0.39 is 23.4 Å². The van der Waals surface area contributed by atoms with Crippen molar-refractivity contribution in [3.63, 3.8) is 0 Å². The van der Waals surface area contributed by atoms with E-state index in [4.69, 9.17) is 5.73 Å². The molecule has 1 fully saturated rings. The molecule has 4 aromatic rings. The maximum Gasteiger partial charge on any atom is 0.262 e. The van der Waals surface area contributed by atoms with Crippen LogP contribution in [0.2, 0.25) is 0 Å². The summed E-state index contributed by atoms with van der Waals surface area (Å²) in [5.41, 5.74) is 8.88. The lowest BCUT2D eigenvalue weighted by Gasteiger charge is -2.31. The van der Waals surface area contributed by atoms with Crippen LogP contribution in [0.5, 0.6) is 0 Å². The molecule has 0 radical (unpaired) electrons. The summed E-state index contributed by atoms with van der Waals surface area (Å²) >= 11 is -2.43. The molecule has 0 aromatic heterocycles. The third-order valence-corrected chi connectivity index (χ3v) is 8.55. The SMILES string of the molecule is NCc1ccc(CC(NC(=O)CC(c2ccccc2)N(c2ccc3ccccc3c2)S(=O)O)C(=O)N2CCCC2)cc1. The van der Waals surface area contributed by atoms with Gasteiger partial charge in [0.15, 0.2) is 0 Å². The molecule has 0 saturated carbocycles. The number of hydrogen-bond acceptors (Lipinski definition) is 4. The number of nitrogens with two attached hydrogens (primary N) is 1. The molecule has 3 unspecified atom stereocenters. The smallest absolute Gasteiger partial charge is 0.262 e. The molecule has 4 N–H and O–H groups in total. The summed E-state index contributed by atoms with van der Waals surface area (Å²) in [5.74, 6) is -0.492. The highest BCUT2D eigenvalue weighted by Crippen LogP contribution is 2.33. The van der Waals surface area contributed by atoms with Crippen LogP contribution in [0.3, 0.4) is 0 Å². The van der Waals surface area contributed by atoms with Gasteiger partial charge in [0, 0.05) is 26.1 Å². The predicted molar refractivity (Wildman–Crippen MR) is 167 cm³/mol. The molecular formula is C33H36N4O4S. The first-order valence-electron chi connectivity index (χ1n) is 14.2. The monoisotopic (exact) mass is 584 g/mol. The van der Waals surface area contributed by atoms with Gasteiger partial charge in [0.25, 0.3) is 11.3 Å². The summed E-state index contributed by atoms with van der Waals surface area (Å²) in [5, 5.41) is 4.90. The van der Waals surface area contributed by atoms with Crippen molar-refractivity contribution in [1.29, 1.82) is 0 Å².